The number of H-pyrrole nitrogens is 1. The second-order valence-electron chi connectivity index (χ2n) is 9.68. The van der Waals surface area contributed by atoms with Crippen LogP contribution in [0.4, 0.5) is 0 Å². The van der Waals surface area contributed by atoms with Crippen LogP contribution in [0.5, 0.6) is 11.8 Å². The highest BCUT2D eigenvalue weighted by Gasteiger charge is 2.13. The van der Waals surface area contributed by atoms with Crippen LogP contribution in [0, 0.1) is 6.92 Å². The van der Waals surface area contributed by atoms with Crippen molar-refractivity contribution in [3.63, 3.8) is 0 Å². The lowest BCUT2D eigenvalue weighted by Crippen LogP contribution is -2.09. The fraction of sp³-hybridized carbons (Fsp3) is 0.0938. The molecule has 0 atom stereocenters. The molecule has 0 saturated carbocycles. The standard InChI is InChI=1S/C32H26ClN5O3/c1-19-2-11-24(16-25(19)31(39)40)41-32-35-29-17-26(27(33)18-30(29)36-32)22-7-3-20(4-8-22)21-5-9-23(10-6-21)28-12-14-38(37-28)15-13-34/h2-12,14,16-18H,13,15,34H2,1H3,(H,35,36)(H,39,40). The smallest absolute Gasteiger partial charge is 0.336 e. The summed E-state index contributed by atoms with van der Waals surface area (Å²) in [6.45, 7) is 2.98. The first-order valence-electron chi connectivity index (χ1n) is 13.0. The van der Waals surface area contributed by atoms with Crippen LogP contribution in [0.1, 0.15) is 15.9 Å². The van der Waals surface area contributed by atoms with Gasteiger partial charge >= 0.3 is 5.97 Å². The minimum absolute atomic E-state index is 0.179. The fourth-order valence-corrected chi connectivity index (χ4v) is 5.00. The van der Waals surface area contributed by atoms with Gasteiger partial charge in [-0.15, -0.1) is 0 Å². The minimum Gasteiger partial charge on any atom is -0.478 e. The van der Waals surface area contributed by atoms with Crippen molar-refractivity contribution in [2.45, 2.75) is 13.5 Å². The number of carbonyl (C=O) groups is 1. The molecule has 9 heteroatoms. The number of rotatable bonds is 8. The Morgan fingerprint density at radius 2 is 1.63 bits per heavy atom. The Hall–Kier alpha value is -4.92. The number of carboxylic acids is 1. The van der Waals surface area contributed by atoms with Crippen LogP contribution < -0.4 is 10.5 Å². The molecule has 0 bridgehead atoms. The summed E-state index contributed by atoms with van der Waals surface area (Å²) in [5, 5.41) is 14.5. The van der Waals surface area contributed by atoms with E-state index in [0.29, 0.717) is 40.5 Å². The van der Waals surface area contributed by atoms with Crippen molar-refractivity contribution in [2.75, 3.05) is 6.54 Å². The van der Waals surface area contributed by atoms with E-state index in [1.165, 1.54) is 6.07 Å². The molecule has 2 heterocycles. The number of aryl methyl sites for hydroxylation is 1. The van der Waals surface area contributed by atoms with Crippen LogP contribution in [-0.4, -0.2) is 37.4 Å². The summed E-state index contributed by atoms with van der Waals surface area (Å²) < 4.78 is 7.67. The topological polar surface area (TPSA) is 119 Å². The second-order valence-corrected chi connectivity index (χ2v) is 10.1. The van der Waals surface area contributed by atoms with E-state index in [0.717, 1.165) is 33.5 Å². The second kappa shape index (κ2) is 10.9. The first kappa shape index (κ1) is 26.3. The molecule has 204 valence electrons. The first-order valence-corrected chi connectivity index (χ1v) is 13.4. The zero-order valence-corrected chi connectivity index (χ0v) is 22.9. The number of aromatic nitrogens is 4. The van der Waals surface area contributed by atoms with E-state index in [4.69, 9.17) is 22.1 Å². The predicted octanol–water partition coefficient (Wildman–Crippen LogP) is 7.17. The zero-order chi connectivity index (χ0) is 28.5. The first-order chi connectivity index (χ1) is 19.9. The van der Waals surface area contributed by atoms with Gasteiger partial charge in [-0.3, -0.25) is 4.68 Å². The van der Waals surface area contributed by atoms with Gasteiger partial charge in [-0.25, -0.2) is 4.79 Å². The molecule has 0 unspecified atom stereocenters. The van der Waals surface area contributed by atoms with E-state index in [9.17, 15) is 9.90 Å². The van der Waals surface area contributed by atoms with E-state index in [-0.39, 0.29) is 11.6 Å². The molecule has 0 saturated heterocycles. The number of fused-ring (bicyclic) bond motifs is 1. The van der Waals surface area contributed by atoms with Crippen LogP contribution in [-0.2, 0) is 6.54 Å². The van der Waals surface area contributed by atoms with E-state index >= 15 is 0 Å². The van der Waals surface area contributed by atoms with Crippen LogP contribution in [0.25, 0.3) is 44.5 Å². The molecule has 0 aliphatic carbocycles. The van der Waals surface area contributed by atoms with E-state index in [1.54, 1.807) is 19.1 Å². The Balaban J connectivity index is 1.22. The number of carboxylic acid groups (broad SMARTS) is 1. The third-order valence-corrected chi connectivity index (χ3v) is 7.22. The lowest BCUT2D eigenvalue weighted by molar-refractivity contribution is 0.0695. The van der Waals surface area contributed by atoms with Crippen molar-refractivity contribution in [2.24, 2.45) is 5.73 Å². The molecule has 0 fully saturated rings. The average Bonchev–Trinajstić information content (AvgIpc) is 3.60. The van der Waals surface area contributed by atoms with Gasteiger partial charge in [-0.05, 0) is 59.5 Å². The number of imidazole rings is 1. The van der Waals surface area contributed by atoms with Gasteiger partial charge in [0.25, 0.3) is 6.01 Å². The number of ether oxygens (including phenoxy) is 1. The van der Waals surface area contributed by atoms with Gasteiger partial charge in [0.1, 0.15) is 5.75 Å². The Morgan fingerprint density at radius 3 is 2.32 bits per heavy atom. The van der Waals surface area contributed by atoms with Crippen molar-refractivity contribution in [3.05, 3.63) is 107 Å². The van der Waals surface area contributed by atoms with Gasteiger partial charge in [0, 0.05) is 23.9 Å². The molecule has 0 spiro atoms. The average molecular weight is 564 g/mol. The molecular formula is C32H26ClN5O3. The van der Waals surface area contributed by atoms with Crippen molar-refractivity contribution in [1.29, 1.82) is 0 Å². The fourth-order valence-electron chi connectivity index (χ4n) is 4.73. The highest BCUT2D eigenvalue weighted by molar-refractivity contribution is 6.34. The number of halogens is 1. The number of aromatic carboxylic acids is 1. The van der Waals surface area contributed by atoms with Gasteiger partial charge in [-0.1, -0.05) is 66.2 Å². The van der Waals surface area contributed by atoms with Crippen molar-refractivity contribution in [3.8, 4) is 45.3 Å². The van der Waals surface area contributed by atoms with Gasteiger partial charge in [0.15, 0.2) is 0 Å². The summed E-state index contributed by atoms with van der Waals surface area (Å²) >= 11 is 6.67. The minimum atomic E-state index is -1.01. The molecule has 4 aromatic carbocycles. The molecule has 4 N–H and O–H groups in total. The number of nitrogens with one attached hydrogen (secondary N) is 1. The maximum absolute atomic E-state index is 11.5. The molecule has 2 aromatic heterocycles. The molecule has 0 aliphatic rings. The number of nitrogens with two attached hydrogens (primary N) is 1. The number of nitrogens with zero attached hydrogens (tertiary/aromatic N) is 3. The summed E-state index contributed by atoms with van der Waals surface area (Å²) in [6, 6.07) is 27.4. The van der Waals surface area contributed by atoms with Crippen LogP contribution in [0.3, 0.4) is 0 Å². The lowest BCUT2D eigenvalue weighted by Gasteiger charge is -2.08. The third-order valence-electron chi connectivity index (χ3n) is 6.91. The van der Waals surface area contributed by atoms with Gasteiger partial charge in [-0.2, -0.15) is 10.1 Å². The Morgan fingerprint density at radius 1 is 0.951 bits per heavy atom. The van der Waals surface area contributed by atoms with Gasteiger partial charge in [0.05, 0.1) is 33.9 Å². The quantitative estimate of drug-likeness (QED) is 0.180. The van der Waals surface area contributed by atoms with Crippen LogP contribution in [0.15, 0.2) is 91.1 Å². The Kier molecular flexibility index (Phi) is 7.01. The molecule has 8 nitrogen and oxygen atoms in total. The molecule has 41 heavy (non-hydrogen) atoms. The highest BCUT2D eigenvalue weighted by Crippen LogP contribution is 2.34. The monoisotopic (exact) mass is 563 g/mol. The largest absolute Gasteiger partial charge is 0.478 e. The molecule has 6 aromatic rings. The zero-order valence-electron chi connectivity index (χ0n) is 22.1. The maximum Gasteiger partial charge on any atom is 0.336 e. The Bertz CT molecular complexity index is 1870. The SMILES string of the molecule is Cc1ccc(Oc2nc3cc(-c4ccc(-c5ccc(-c6ccn(CCN)n6)cc5)cc4)c(Cl)cc3[nH]2)cc1C(=O)O. The lowest BCUT2D eigenvalue weighted by atomic mass is 9.99. The van der Waals surface area contributed by atoms with E-state index < -0.39 is 5.97 Å². The van der Waals surface area contributed by atoms with Crippen LogP contribution in [0.2, 0.25) is 5.02 Å². The molecule has 0 aliphatic heterocycles. The number of aromatic amines is 1. The molecule has 0 radical (unpaired) electrons. The number of hydrogen-bond donors (Lipinski definition) is 3. The summed E-state index contributed by atoms with van der Waals surface area (Å²) in [5.74, 6) is -0.633. The van der Waals surface area contributed by atoms with Gasteiger partial charge < -0.3 is 20.6 Å². The normalized spacial score (nSPS) is 11.2. The number of hydrogen-bond acceptors (Lipinski definition) is 5. The molecule has 0 amide bonds. The van der Waals surface area contributed by atoms with Gasteiger partial charge in [0.2, 0.25) is 0 Å². The summed E-state index contributed by atoms with van der Waals surface area (Å²) in [7, 11) is 0. The third kappa shape index (κ3) is 5.43. The summed E-state index contributed by atoms with van der Waals surface area (Å²) in [6.07, 6.45) is 1.94. The Labute approximate surface area is 241 Å². The van der Waals surface area contributed by atoms with Crippen molar-refractivity contribution >= 4 is 28.6 Å². The highest BCUT2D eigenvalue weighted by atomic mass is 35.5. The van der Waals surface area contributed by atoms with Crippen molar-refractivity contribution in [1.82, 2.24) is 19.7 Å². The summed E-state index contributed by atoms with van der Waals surface area (Å²) in [5.41, 5.74) is 13.8. The molecular weight excluding hydrogens is 538 g/mol. The van der Waals surface area contributed by atoms with Crippen LogP contribution >= 0.6 is 11.6 Å². The number of benzene rings is 4. The molecule has 6 rings (SSSR count). The van der Waals surface area contributed by atoms with E-state index in [1.807, 2.05) is 41.2 Å². The van der Waals surface area contributed by atoms with Crippen molar-refractivity contribution < 1.29 is 14.6 Å². The maximum atomic E-state index is 11.5. The van der Waals surface area contributed by atoms with E-state index in [2.05, 4.69) is 51.5 Å². The predicted molar refractivity (Wildman–Crippen MR) is 160 cm³/mol. The summed E-state index contributed by atoms with van der Waals surface area (Å²) in [4.78, 5) is 19.1.